The lowest BCUT2D eigenvalue weighted by atomic mass is 10.3. The smallest absolute Gasteiger partial charge is 0.0331 e. The highest BCUT2D eigenvalue weighted by Gasteiger charge is 2.07. The van der Waals surface area contributed by atoms with Crippen molar-refractivity contribution in [2.45, 2.75) is 26.4 Å². The lowest BCUT2D eigenvalue weighted by Gasteiger charge is -2.20. The van der Waals surface area contributed by atoms with Crippen molar-refractivity contribution in [2.24, 2.45) is 0 Å². The maximum atomic E-state index is 2.53. The summed E-state index contributed by atoms with van der Waals surface area (Å²) >= 11 is 3.70. The summed E-state index contributed by atoms with van der Waals surface area (Å²) < 4.78 is 0. The lowest BCUT2D eigenvalue weighted by molar-refractivity contribution is 0.262. The zero-order chi connectivity index (χ0) is 11.2. The van der Waals surface area contributed by atoms with Gasteiger partial charge in [0.1, 0.15) is 0 Å². The number of hydrogen-bond acceptors (Lipinski definition) is 3. The first-order chi connectivity index (χ1) is 7.88. The van der Waals surface area contributed by atoms with E-state index in [1.54, 1.807) is 0 Å². The molecule has 0 aliphatic carbocycles. The van der Waals surface area contributed by atoms with Gasteiger partial charge in [0, 0.05) is 22.8 Å². The van der Waals surface area contributed by atoms with E-state index in [1.807, 2.05) is 22.7 Å². The van der Waals surface area contributed by atoms with Gasteiger partial charge in [-0.1, -0.05) is 19.1 Å². The van der Waals surface area contributed by atoms with Crippen LogP contribution in [0.15, 0.2) is 35.0 Å². The van der Waals surface area contributed by atoms with E-state index in [-0.39, 0.29) is 0 Å². The topological polar surface area (TPSA) is 3.24 Å². The molecule has 0 aliphatic rings. The highest BCUT2D eigenvalue weighted by molar-refractivity contribution is 7.10. The molecule has 16 heavy (non-hydrogen) atoms. The molecule has 0 unspecified atom stereocenters. The predicted octanol–water partition coefficient (Wildman–Crippen LogP) is 4.22. The van der Waals surface area contributed by atoms with Gasteiger partial charge in [-0.25, -0.2) is 0 Å². The third-order valence-electron chi connectivity index (χ3n) is 2.46. The molecule has 0 amide bonds. The third kappa shape index (κ3) is 3.44. The van der Waals surface area contributed by atoms with Gasteiger partial charge in [-0.05, 0) is 35.9 Å². The summed E-state index contributed by atoms with van der Waals surface area (Å²) in [7, 11) is 0. The summed E-state index contributed by atoms with van der Waals surface area (Å²) in [5.41, 5.74) is 0. The van der Waals surface area contributed by atoms with E-state index in [0.29, 0.717) is 0 Å². The second kappa shape index (κ2) is 6.18. The van der Waals surface area contributed by atoms with Crippen LogP contribution in [0.25, 0.3) is 0 Å². The maximum Gasteiger partial charge on any atom is 0.0331 e. The van der Waals surface area contributed by atoms with Crippen LogP contribution in [0.4, 0.5) is 0 Å². The van der Waals surface area contributed by atoms with Crippen LogP contribution in [0.5, 0.6) is 0 Å². The Bertz CT molecular complexity index is 342. The maximum absolute atomic E-state index is 2.53. The second-order valence-electron chi connectivity index (χ2n) is 3.87. The number of hydrogen-bond donors (Lipinski definition) is 0. The van der Waals surface area contributed by atoms with E-state index in [0.717, 1.165) is 13.1 Å². The van der Waals surface area contributed by atoms with Gasteiger partial charge >= 0.3 is 0 Å². The highest BCUT2D eigenvalue weighted by Crippen LogP contribution is 2.17. The van der Waals surface area contributed by atoms with E-state index in [4.69, 9.17) is 0 Å². The minimum Gasteiger partial charge on any atom is -0.293 e. The quantitative estimate of drug-likeness (QED) is 0.743. The average Bonchev–Trinajstić information content (AvgIpc) is 2.91. The molecule has 3 heteroatoms. The zero-order valence-corrected chi connectivity index (χ0v) is 11.2. The standard InChI is InChI=1S/C13H17NS2/c1-2-7-14(10-12-5-3-8-15-12)11-13-6-4-9-16-13/h3-6,8-9H,2,7,10-11H2,1H3. The van der Waals surface area contributed by atoms with E-state index >= 15 is 0 Å². The Balaban J connectivity index is 1.94. The fourth-order valence-corrected chi connectivity index (χ4v) is 3.27. The molecule has 86 valence electrons. The van der Waals surface area contributed by atoms with Crippen molar-refractivity contribution in [3.05, 3.63) is 44.8 Å². The van der Waals surface area contributed by atoms with Crippen LogP contribution >= 0.6 is 22.7 Å². The predicted molar refractivity (Wildman–Crippen MR) is 73.0 cm³/mol. The Kier molecular flexibility index (Phi) is 4.57. The molecule has 0 saturated carbocycles. The molecule has 0 bridgehead atoms. The largest absolute Gasteiger partial charge is 0.293 e. The summed E-state index contributed by atoms with van der Waals surface area (Å²) in [5, 5.41) is 4.31. The van der Waals surface area contributed by atoms with Crippen LogP contribution in [0, 0.1) is 0 Å². The SMILES string of the molecule is CCCN(Cc1cccs1)Cc1cccs1. The minimum absolute atomic E-state index is 1.09. The Hall–Kier alpha value is -0.640. The molecule has 2 aromatic heterocycles. The monoisotopic (exact) mass is 251 g/mol. The first-order valence-corrected chi connectivity index (χ1v) is 7.41. The fraction of sp³-hybridized carbons (Fsp3) is 0.385. The van der Waals surface area contributed by atoms with Crippen LogP contribution in [-0.4, -0.2) is 11.4 Å². The van der Waals surface area contributed by atoms with Crippen LogP contribution in [-0.2, 0) is 13.1 Å². The zero-order valence-electron chi connectivity index (χ0n) is 9.56. The fourth-order valence-electron chi connectivity index (χ4n) is 1.78. The first-order valence-electron chi connectivity index (χ1n) is 5.65. The number of nitrogens with zero attached hydrogens (tertiary/aromatic N) is 1. The van der Waals surface area contributed by atoms with Crippen molar-refractivity contribution in [1.29, 1.82) is 0 Å². The van der Waals surface area contributed by atoms with E-state index in [2.05, 4.69) is 46.8 Å². The van der Waals surface area contributed by atoms with E-state index < -0.39 is 0 Å². The average molecular weight is 251 g/mol. The van der Waals surface area contributed by atoms with Crippen LogP contribution in [0.1, 0.15) is 23.1 Å². The van der Waals surface area contributed by atoms with Crippen LogP contribution in [0.2, 0.25) is 0 Å². The number of thiophene rings is 2. The Morgan fingerprint density at radius 3 is 1.94 bits per heavy atom. The van der Waals surface area contributed by atoms with E-state index in [1.165, 1.54) is 22.7 Å². The molecule has 0 spiro atoms. The van der Waals surface area contributed by atoms with Gasteiger partial charge < -0.3 is 0 Å². The van der Waals surface area contributed by atoms with Gasteiger partial charge in [-0.15, -0.1) is 22.7 Å². The van der Waals surface area contributed by atoms with Crippen molar-refractivity contribution < 1.29 is 0 Å². The second-order valence-corrected chi connectivity index (χ2v) is 5.93. The molecule has 0 fully saturated rings. The van der Waals surface area contributed by atoms with Crippen LogP contribution < -0.4 is 0 Å². The summed E-state index contributed by atoms with van der Waals surface area (Å²) in [6, 6.07) is 8.72. The molecule has 2 aromatic rings. The normalized spacial score (nSPS) is 11.1. The summed E-state index contributed by atoms with van der Waals surface area (Å²) in [4.78, 5) is 5.45. The molecule has 2 rings (SSSR count). The van der Waals surface area contributed by atoms with Gasteiger partial charge in [0.2, 0.25) is 0 Å². The molecule has 0 N–H and O–H groups in total. The number of rotatable bonds is 6. The molecule has 1 nitrogen and oxygen atoms in total. The highest BCUT2D eigenvalue weighted by atomic mass is 32.1. The molecule has 0 radical (unpaired) electrons. The molecule has 2 heterocycles. The Labute approximate surface area is 105 Å². The lowest BCUT2D eigenvalue weighted by Crippen LogP contribution is -2.22. The van der Waals surface area contributed by atoms with Crippen molar-refractivity contribution in [2.75, 3.05) is 6.54 Å². The van der Waals surface area contributed by atoms with E-state index in [9.17, 15) is 0 Å². The summed E-state index contributed by atoms with van der Waals surface area (Å²) in [6.45, 7) is 5.60. The molecular weight excluding hydrogens is 234 g/mol. The minimum atomic E-state index is 1.09. The summed E-state index contributed by atoms with van der Waals surface area (Å²) in [6.07, 6.45) is 1.22. The first kappa shape index (κ1) is 11.8. The Morgan fingerprint density at radius 1 is 1.00 bits per heavy atom. The Morgan fingerprint density at radius 2 is 1.56 bits per heavy atom. The molecule has 0 aromatic carbocycles. The van der Waals surface area contributed by atoms with Crippen molar-refractivity contribution >= 4 is 22.7 Å². The molecule has 0 aliphatic heterocycles. The van der Waals surface area contributed by atoms with Crippen molar-refractivity contribution in [3.63, 3.8) is 0 Å². The van der Waals surface area contributed by atoms with Gasteiger partial charge in [0.15, 0.2) is 0 Å². The van der Waals surface area contributed by atoms with Crippen molar-refractivity contribution in [3.8, 4) is 0 Å². The summed E-state index contributed by atoms with van der Waals surface area (Å²) in [5.74, 6) is 0. The van der Waals surface area contributed by atoms with Gasteiger partial charge in [0.05, 0.1) is 0 Å². The van der Waals surface area contributed by atoms with Crippen molar-refractivity contribution in [1.82, 2.24) is 4.90 Å². The molecule has 0 atom stereocenters. The molecule has 0 saturated heterocycles. The third-order valence-corrected chi connectivity index (χ3v) is 4.18. The van der Waals surface area contributed by atoms with Crippen LogP contribution in [0.3, 0.4) is 0 Å². The van der Waals surface area contributed by atoms with Gasteiger partial charge in [0.25, 0.3) is 0 Å². The molecular formula is C13H17NS2. The van der Waals surface area contributed by atoms with Gasteiger partial charge in [-0.2, -0.15) is 0 Å². The van der Waals surface area contributed by atoms with Gasteiger partial charge in [-0.3, -0.25) is 4.90 Å².